The van der Waals surface area contributed by atoms with Crippen molar-refractivity contribution in [1.82, 2.24) is 4.98 Å². The second-order valence-electron chi connectivity index (χ2n) is 7.78. The Morgan fingerprint density at radius 2 is 1.89 bits per heavy atom. The second-order valence-corrected chi connectivity index (χ2v) is 9.68. The van der Waals surface area contributed by atoms with Crippen LogP contribution >= 0.6 is 0 Å². The van der Waals surface area contributed by atoms with E-state index in [2.05, 4.69) is 18.8 Å². The van der Waals surface area contributed by atoms with Crippen LogP contribution in [0.5, 0.6) is 0 Å². The van der Waals surface area contributed by atoms with Crippen molar-refractivity contribution >= 4 is 9.84 Å². The highest BCUT2D eigenvalue weighted by Crippen LogP contribution is 2.32. The Labute approximate surface area is 160 Å². The van der Waals surface area contributed by atoms with Crippen molar-refractivity contribution < 1.29 is 13.2 Å². The summed E-state index contributed by atoms with van der Waals surface area (Å²) in [5.74, 6) is 0.521. The fourth-order valence-corrected chi connectivity index (χ4v) is 4.47. The van der Waals surface area contributed by atoms with Crippen molar-refractivity contribution in [1.29, 1.82) is 0 Å². The lowest BCUT2D eigenvalue weighted by atomic mass is 9.94. The molecule has 0 aliphatic heterocycles. The van der Waals surface area contributed by atoms with E-state index in [-0.39, 0.29) is 16.4 Å². The number of hydrogen-bond donors (Lipinski definition) is 1. The van der Waals surface area contributed by atoms with Crippen LogP contribution in [-0.4, -0.2) is 25.9 Å². The molecule has 1 aromatic carbocycles. The number of sulfone groups is 1. The average molecular weight is 390 g/mol. The number of rotatable bonds is 8. The molecule has 0 bridgehead atoms. The molecule has 0 unspecified atom stereocenters. The van der Waals surface area contributed by atoms with Crippen molar-refractivity contribution in [3.05, 3.63) is 51.9 Å². The largest absolute Gasteiger partial charge is 0.365 e. The van der Waals surface area contributed by atoms with Gasteiger partial charge in [0, 0.05) is 22.9 Å². The first kappa shape index (κ1) is 19.8. The lowest BCUT2D eigenvalue weighted by Crippen LogP contribution is -2.18. The van der Waals surface area contributed by atoms with E-state index in [1.165, 1.54) is 0 Å². The van der Waals surface area contributed by atoms with Gasteiger partial charge in [0.05, 0.1) is 11.5 Å². The summed E-state index contributed by atoms with van der Waals surface area (Å²) in [6.07, 6.45) is 4.49. The smallest absolute Gasteiger partial charge is 0.251 e. The van der Waals surface area contributed by atoms with E-state index in [9.17, 15) is 13.2 Å². The Morgan fingerprint density at radius 3 is 2.56 bits per heavy atom. The lowest BCUT2D eigenvalue weighted by molar-refractivity contribution is 0.165. The van der Waals surface area contributed by atoms with Gasteiger partial charge in [-0.2, -0.15) is 0 Å². The molecule has 1 aliphatic rings. The summed E-state index contributed by atoms with van der Waals surface area (Å²) >= 11 is 0. The number of nitrogens with one attached hydrogen (secondary N) is 1. The Balaban J connectivity index is 1.99. The Morgan fingerprint density at radius 1 is 1.19 bits per heavy atom. The highest BCUT2D eigenvalue weighted by molar-refractivity contribution is 7.91. The number of benzene rings is 1. The topological polar surface area (TPSA) is 76.2 Å². The molecule has 3 rings (SSSR count). The van der Waals surface area contributed by atoms with Crippen LogP contribution in [0.1, 0.15) is 37.8 Å². The lowest BCUT2D eigenvalue weighted by Gasteiger charge is -2.15. The van der Waals surface area contributed by atoms with E-state index in [4.69, 9.17) is 4.74 Å². The molecule has 146 valence electrons. The zero-order chi connectivity index (χ0) is 19.6. The van der Waals surface area contributed by atoms with Crippen LogP contribution in [-0.2, 0) is 21.0 Å². The van der Waals surface area contributed by atoms with Gasteiger partial charge in [-0.1, -0.05) is 32.0 Å². The molecule has 5 nitrogen and oxygen atoms in total. The number of pyridine rings is 1. The van der Waals surface area contributed by atoms with Crippen LogP contribution in [0.3, 0.4) is 0 Å². The van der Waals surface area contributed by atoms with Crippen molar-refractivity contribution in [3.8, 4) is 11.1 Å². The molecule has 0 amide bonds. The van der Waals surface area contributed by atoms with Gasteiger partial charge in [0.25, 0.3) is 5.56 Å². The van der Waals surface area contributed by atoms with E-state index in [0.717, 1.165) is 24.0 Å². The fraction of sp³-hybridized carbons (Fsp3) is 0.476. The molecule has 1 heterocycles. The van der Waals surface area contributed by atoms with E-state index >= 15 is 0 Å². The summed E-state index contributed by atoms with van der Waals surface area (Å²) < 4.78 is 31.2. The number of aromatic amines is 1. The number of aromatic nitrogens is 1. The van der Waals surface area contributed by atoms with Gasteiger partial charge in [-0.05, 0) is 49.7 Å². The maximum atomic E-state index is 12.9. The molecule has 1 aliphatic carbocycles. The zero-order valence-electron chi connectivity index (χ0n) is 16.1. The maximum absolute atomic E-state index is 12.9. The first-order valence-electron chi connectivity index (χ1n) is 9.40. The normalized spacial score (nSPS) is 14.7. The molecule has 1 saturated carbocycles. The van der Waals surface area contributed by atoms with Crippen molar-refractivity contribution in [2.75, 3.05) is 12.5 Å². The van der Waals surface area contributed by atoms with Gasteiger partial charge in [-0.3, -0.25) is 4.79 Å². The monoisotopic (exact) mass is 389 g/mol. The van der Waals surface area contributed by atoms with Gasteiger partial charge >= 0.3 is 0 Å². The molecular weight excluding hydrogens is 362 g/mol. The summed E-state index contributed by atoms with van der Waals surface area (Å²) in [7, 11) is -3.58. The molecule has 6 heteroatoms. The third-order valence-electron chi connectivity index (χ3n) is 4.89. The quantitative estimate of drug-likeness (QED) is 0.747. The zero-order valence-corrected chi connectivity index (χ0v) is 16.9. The molecule has 1 fully saturated rings. The van der Waals surface area contributed by atoms with Crippen LogP contribution in [0.25, 0.3) is 11.1 Å². The molecule has 2 aromatic rings. The first-order valence-corrected chi connectivity index (χ1v) is 11.1. The predicted molar refractivity (Wildman–Crippen MR) is 107 cm³/mol. The van der Waals surface area contributed by atoms with Gasteiger partial charge in [-0.25, -0.2) is 8.42 Å². The minimum atomic E-state index is -3.58. The van der Waals surface area contributed by atoms with Crippen molar-refractivity contribution in [2.45, 2.75) is 44.9 Å². The Hall–Kier alpha value is -1.92. The number of ether oxygens (including phenoxy) is 1. The summed E-state index contributed by atoms with van der Waals surface area (Å²) in [5.41, 5.74) is 2.77. The minimum absolute atomic E-state index is 0.113. The first-order chi connectivity index (χ1) is 12.8. The fourth-order valence-electron chi connectivity index (χ4n) is 3.23. The third-order valence-corrected chi connectivity index (χ3v) is 6.40. The molecule has 27 heavy (non-hydrogen) atoms. The van der Waals surface area contributed by atoms with E-state index in [1.54, 1.807) is 24.4 Å². The van der Waals surface area contributed by atoms with Crippen molar-refractivity contribution in [2.24, 2.45) is 11.8 Å². The number of H-pyrrole nitrogens is 1. The van der Waals surface area contributed by atoms with Gasteiger partial charge in [0.1, 0.15) is 0 Å². The standard InChI is InChI=1S/C21H27NO4S/c1-14(2)10-18-15(3)19(11-22-21(18)23)17-6-4-5-7-20(17)27(24,25)13-26-12-16-8-9-16/h4-7,11,14,16H,8-10,12-13H2,1-3H3,(H,22,23). The SMILES string of the molecule is Cc1c(-c2ccccc2S(=O)(=O)COCC2CC2)c[nH]c(=O)c1CC(C)C. The number of hydrogen-bond acceptors (Lipinski definition) is 4. The molecule has 1 N–H and O–H groups in total. The Bertz CT molecular complexity index is 972. The molecule has 0 radical (unpaired) electrons. The van der Waals surface area contributed by atoms with E-state index < -0.39 is 9.84 Å². The van der Waals surface area contributed by atoms with Gasteiger partial charge in [0.2, 0.25) is 9.84 Å². The van der Waals surface area contributed by atoms with Crippen LogP contribution < -0.4 is 5.56 Å². The molecule has 0 atom stereocenters. The second kappa shape index (κ2) is 7.98. The highest BCUT2D eigenvalue weighted by atomic mass is 32.2. The third kappa shape index (κ3) is 4.68. The van der Waals surface area contributed by atoms with E-state index in [1.807, 2.05) is 13.0 Å². The summed E-state index contributed by atoms with van der Waals surface area (Å²) in [4.78, 5) is 15.3. The van der Waals surface area contributed by atoms with Crippen LogP contribution in [0.2, 0.25) is 0 Å². The molecule has 0 saturated heterocycles. The predicted octanol–water partition coefficient (Wildman–Crippen LogP) is 3.71. The van der Waals surface area contributed by atoms with Crippen LogP contribution in [0.4, 0.5) is 0 Å². The maximum Gasteiger partial charge on any atom is 0.251 e. The summed E-state index contributed by atoms with van der Waals surface area (Å²) in [6.45, 7) is 6.50. The van der Waals surface area contributed by atoms with E-state index in [0.29, 0.717) is 36.0 Å². The van der Waals surface area contributed by atoms with Crippen LogP contribution in [0.15, 0.2) is 40.2 Å². The summed E-state index contributed by atoms with van der Waals surface area (Å²) in [5, 5.41) is 0. The average Bonchev–Trinajstić information content (AvgIpc) is 3.43. The summed E-state index contributed by atoms with van der Waals surface area (Å²) in [6, 6.07) is 6.92. The molecule has 1 aromatic heterocycles. The van der Waals surface area contributed by atoms with Gasteiger partial charge < -0.3 is 9.72 Å². The molecule has 0 spiro atoms. The minimum Gasteiger partial charge on any atom is -0.365 e. The highest BCUT2D eigenvalue weighted by Gasteiger charge is 2.25. The Kier molecular flexibility index (Phi) is 5.86. The molecular formula is C21H27NO4S. The van der Waals surface area contributed by atoms with Crippen LogP contribution in [0, 0.1) is 18.8 Å². The van der Waals surface area contributed by atoms with Crippen molar-refractivity contribution in [3.63, 3.8) is 0 Å². The van der Waals surface area contributed by atoms with Gasteiger partial charge in [0.15, 0.2) is 5.94 Å². The van der Waals surface area contributed by atoms with Gasteiger partial charge in [-0.15, -0.1) is 0 Å².